The van der Waals surface area contributed by atoms with Crippen molar-refractivity contribution in [2.75, 3.05) is 0 Å². The quantitative estimate of drug-likeness (QED) is 0.507. The van der Waals surface area contributed by atoms with Gasteiger partial charge in [-0.3, -0.25) is 4.79 Å². The molecule has 39 valence electrons. The van der Waals surface area contributed by atoms with Crippen molar-refractivity contribution in [1.82, 2.24) is 0 Å². The summed E-state index contributed by atoms with van der Waals surface area (Å²) in [5.74, 6) is 0.706. The molecule has 7 heavy (non-hydrogen) atoms. The van der Waals surface area contributed by atoms with Crippen molar-refractivity contribution < 1.29 is 4.79 Å². The molecule has 1 nitrogen and oxygen atoms in total. The van der Waals surface area contributed by atoms with Crippen LogP contribution >= 0.6 is 0 Å². The van der Waals surface area contributed by atoms with Crippen LogP contribution in [0.2, 0.25) is 0 Å². The molecule has 0 aromatic heterocycles. The van der Waals surface area contributed by atoms with E-state index >= 15 is 0 Å². The predicted molar refractivity (Wildman–Crippen MR) is 27.7 cm³/mol. The normalized spacial score (nSPS) is 21.1. The van der Waals surface area contributed by atoms with Gasteiger partial charge in [-0.25, -0.2) is 0 Å². The van der Waals surface area contributed by atoms with Crippen molar-refractivity contribution in [3.8, 4) is 0 Å². The molecule has 0 bridgehead atoms. The number of hydrogen-bond donors (Lipinski definition) is 0. The van der Waals surface area contributed by atoms with Gasteiger partial charge >= 0.3 is 0 Å². The van der Waals surface area contributed by atoms with Gasteiger partial charge < -0.3 is 0 Å². The van der Waals surface area contributed by atoms with Crippen LogP contribution in [0.25, 0.3) is 0 Å². The van der Waals surface area contributed by atoms with Crippen LogP contribution in [-0.4, -0.2) is 6.29 Å². The zero-order chi connectivity index (χ0) is 5.11. The third-order valence-electron chi connectivity index (χ3n) is 1.60. The van der Waals surface area contributed by atoms with E-state index in [4.69, 9.17) is 0 Å². The highest BCUT2D eigenvalue weighted by Gasteiger charge is 2.15. The molecule has 1 radical (unpaired) electrons. The summed E-state index contributed by atoms with van der Waals surface area (Å²) in [6.07, 6.45) is 6.44. The molecule has 1 aliphatic carbocycles. The van der Waals surface area contributed by atoms with E-state index in [0.717, 1.165) is 0 Å². The molecule has 1 heteroatoms. The van der Waals surface area contributed by atoms with Gasteiger partial charge in [-0.1, -0.05) is 6.42 Å². The zero-order valence-electron chi connectivity index (χ0n) is 4.31. The molecule has 0 heterocycles. The van der Waals surface area contributed by atoms with Crippen molar-refractivity contribution in [1.29, 1.82) is 0 Å². The van der Waals surface area contributed by atoms with Crippen molar-refractivity contribution in [3.05, 3.63) is 0 Å². The first-order valence-corrected chi connectivity index (χ1v) is 2.78. The Kier molecular flexibility index (Phi) is 1.45. The van der Waals surface area contributed by atoms with Crippen LogP contribution < -0.4 is 0 Å². The van der Waals surface area contributed by atoms with E-state index in [-0.39, 0.29) is 0 Å². The second-order valence-electron chi connectivity index (χ2n) is 2.15. The molecule has 0 N–H and O–H groups in total. The Morgan fingerprint density at radius 1 is 1.57 bits per heavy atom. The second-order valence-corrected chi connectivity index (χ2v) is 2.15. The van der Waals surface area contributed by atoms with Crippen molar-refractivity contribution in [3.63, 3.8) is 0 Å². The van der Waals surface area contributed by atoms with Crippen molar-refractivity contribution in [2.24, 2.45) is 5.92 Å². The van der Waals surface area contributed by atoms with Gasteiger partial charge in [0, 0.05) is 6.42 Å². The fraction of sp³-hybridized carbons (Fsp3) is 0.833. The molecular weight excluding hydrogens is 88.1 g/mol. The Balaban J connectivity index is 2.03. The molecule has 0 atom stereocenters. The monoisotopic (exact) mass is 97.1 g/mol. The van der Waals surface area contributed by atoms with Gasteiger partial charge in [0.05, 0.1) is 0 Å². The third-order valence-corrected chi connectivity index (χ3v) is 1.60. The molecule has 0 aliphatic heterocycles. The average Bonchev–Trinajstić information content (AvgIpc) is 1.55. The summed E-state index contributed by atoms with van der Waals surface area (Å²) in [7, 11) is 0. The maximum Gasteiger partial charge on any atom is 0.198 e. The lowest BCUT2D eigenvalue weighted by molar-refractivity contribution is 0.322. The molecule has 0 spiro atoms. The van der Waals surface area contributed by atoms with Crippen LogP contribution in [0, 0.1) is 5.92 Å². The third kappa shape index (κ3) is 1.02. The van der Waals surface area contributed by atoms with E-state index in [1.807, 2.05) is 6.29 Å². The average molecular weight is 97.1 g/mol. The zero-order valence-corrected chi connectivity index (χ0v) is 4.31. The number of hydrogen-bond acceptors (Lipinski definition) is 1. The van der Waals surface area contributed by atoms with E-state index in [9.17, 15) is 4.79 Å². The molecular formula is C6H9O. The molecule has 1 fully saturated rings. The fourth-order valence-corrected chi connectivity index (χ4v) is 0.815. The first-order valence-electron chi connectivity index (χ1n) is 2.78. The summed E-state index contributed by atoms with van der Waals surface area (Å²) >= 11 is 0. The Labute approximate surface area is 43.7 Å². The highest BCUT2D eigenvalue weighted by atomic mass is 16.1. The minimum Gasteiger partial charge on any atom is -0.291 e. The second kappa shape index (κ2) is 2.10. The van der Waals surface area contributed by atoms with Gasteiger partial charge in [-0.2, -0.15) is 0 Å². The molecule has 1 rings (SSSR count). The van der Waals surface area contributed by atoms with Gasteiger partial charge in [0.1, 0.15) is 0 Å². The van der Waals surface area contributed by atoms with E-state index in [0.29, 0.717) is 12.3 Å². The summed E-state index contributed by atoms with van der Waals surface area (Å²) < 4.78 is 0. The van der Waals surface area contributed by atoms with Gasteiger partial charge in [-0.05, 0) is 18.8 Å². The van der Waals surface area contributed by atoms with Crippen molar-refractivity contribution >= 4 is 6.29 Å². The lowest BCUT2D eigenvalue weighted by Gasteiger charge is -2.21. The van der Waals surface area contributed by atoms with Gasteiger partial charge in [-0.15, -0.1) is 0 Å². The van der Waals surface area contributed by atoms with Gasteiger partial charge in [0.15, 0.2) is 6.29 Å². The number of rotatable bonds is 2. The van der Waals surface area contributed by atoms with E-state index in [1.54, 1.807) is 0 Å². The van der Waals surface area contributed by atoms with Crippen LogP contribution in [0.1, 0.15) is 25.7 Å². The summed E-state index contributed by atoms with van der Waals surface area (Å²) in [6, 6.07) is 0. The predicted octanol–water partition coefficient (Wildman–Crippen LogP) is 1.29. The summed E-state index contributed by atoms with van der Waals surface area (Å²) in [5.41, 5.74) is 0. The largest absolute Gasteiger partial charge is 0.291 e. The summed E-state index contributed by atoms with van der Waals surface area (Å²) in [5, 5.41) is 0. The maximum atomic E-state index is 9.68. The Morgan fingerprint density at radius 2 is 2.29 bits per heavy atom. The number of carbonyl (C=O) groups excluding carboxylic acids is 1. The molecule has 0 saturated heterocycles. The van der Waals surface area contributed by atoms with Crippen molar-refractivity contribution in [2.45, 2.75) is 25.7 Å². The molecule has 1 saturated carbocycles. The maximum absolute atomic E-state index is 9.68. The Hall–Kier alpha value is -0.330. The molecule has 0 aromatic rings. The Morgan fingerprint density at radius 3 is 2.43 bits per heavy atom. The minimum atomic E-state index is 0.681. The molecule has 0 amide bonds. The van der Waals surface area contributed by atoms with E-state index in [2.05, 4.69) is 0 Å². The van der Waals surface area contributed by atoms with Crippen LogP contribution in [-0.2, 0) is 4.79 Å². The Bertz CT molecular complexity index is 64.6. The first kappa shape index (κ1) is 4.82. The fourth-order valence-electron chi connectivity index (χ4n) is 0.815. The molecule has 0 aromatic carbocycles. The molecule has 1 aliphatic rings. The van der Waals surface area contributed by atoms with Gasteiger partial charge in [0.25, 0.3) is 0 Å². The standard InChI is InChI=1S/C6H9O/c7-5-4-6-2-1-3-6/h6H,1-4H2. The minimum absolute atomic E-state index is 0.681. The van der Waals surface area contributed by atoms with Crippen LogP contribution in [0.4, 0.5) is 0 Å². The van der Waals surface area contributed by atoms with Crippen LogP contribution in [0.15, 0.2) is 0 Å². The van der Waals surface area contributed by atoms with Crippen LogP contribution in [0.5, 0.6) is 0 Å². The highest BCUT2D eigenvalue weighted by Crippen LogP contribution is 2.27. The molecule has 0 unspecified atom stereocenters. The summed E-state index contributed by atoms with van der Waals surface area (Å²) in [6.45, 7) is 0. The SMILES string of the molecule is O=[C]CC1CCC1. The first-order chi connectivity index (χ1) is 3.43. The topological polar surface area (TPSA) is 17.1 Å². The van der Waals surface area contributed by atoms with E-state index in [1.165, 1.54) is 19.3 Å². The highest BCUT2D eigenvalue weighted by molar-refractivity contribution is 5.50. The summed E-state index contributed by atoms with van der Waals surface area (Å²) in [4.78, 5) is 9.68. The van der Waals surface area contributed by atoms with E-state index < -0.39 is 0 Å². The smallest absolute Gasteiger partial charge is 0.198 e. The lowest BCUT2D eigenvalue weighted by atomic mass is 9.83. The lowest BCUT2D eigenvalue weighted by Crippen LogP contribution is -2.10. The van der Waals surface area contributed by atoms with Crippen LogP contribution in [0.3, 0.4) is 0 Å². The van der Waals surface area contributed by atoms with Gasteiger partial charge in [0.2, 0.25) is 0 Å².